The summed E-state index contributed by atoms with van der Waals surface area (Å²) in [4.78, 5) is 16.5. The second-order valence-corrected chi connectivity index (χ2v) is 5.49. The number of carbonyl (C=O) groups excluding carboxylic acids is 1. The van der Waals surface area contributed by atoms with Gasteiger partial charge >= 0.3 is 5.97 Å². The Morgan fingerprint density at radius 1 is 1.43 bits per heavy atom. The van der Waals surface area contributed by atoms with Crippen LogP contribution in [-0.4, -0.2) is 24.1 Å². The molecular formula is C17H20N2O2. The van der Waals surface area contributed by atoms with Crippen molar-refractivity contribution in [2.75, 3.05) is 13.2 Å². The van der Waals surface area contributed by atoms with Crippen LogP contribution in [0.5, 0.6) is 0 Å². The zero-order valence-electron chi connectivity index (χ0n) is 12.2. The van der Waals surface area contributed by atoms with Crippen LogP contribution >= 0.6 is 0 Å². The Kier molecular flexibility index (Phi) is 4.15. The molecule has 1 aliphatic carbocycles. The Balaban J connectivity index is 1.85. The predicted octanol–water partition coefficient (Wildman–Crippen LogP) is 2.84. The van der Waals surface area contributed by atoms with Gasteiger partial charge in [0.2, 0.25) is 0 Å². The molecule has 0 saturated heterocycles. The van der Waals surface area contributed by atoms with Gasteiger partial charge in [-0.2, -0.15) is 0 Å². The van der Waals surface area contributed by atoms with Gasteiger partial charge in [0, 0.05) is 11.6 Å². The van der Waals surface area contributed by atoms with Crippen LogP contribution in [0, 0.1) is 5.92 Å². The lowest BCUT2D eigenvalue weighted by molar-refractivity contribution is -0.145. The van der Waals surface area contributed by atoms with Crippen molar-refractivity contribution in [1.29, 1.82) is 0 Å². The molecule has 1 aliphatic rings. The third kappa shape index (κ3) is 3.39. The highest BCUT2D eigenvalue weighted by molar-refractivity contribution is 5.83. The van der Waals surface area contributed by atoms with Crippen LogP contribution in [0.25, 0.3) is 10.9 Å². The molecule has 0 amide bonds. The Morgan fingerprint density at radius 2 is 2.29 bits per heavy atom. The van der Waals surface area contributed by atoms with Crippen LogP contribution in [0.3, 0.4) is 0 Å². The summed E-state index contributed by atoms with van der Waals surface area (Å²) in [5.74, 6) is 0.505. The molecule has 2 aromatic rings. The van der Waals surface area contributed by atoms with Crippen molar-refractivity contribution in [1.82, 2.24) is 10.3 Å². The zero-order valence-corrected chi connectivity index (χ0v) is 12.2. The van der Waals surface area contributed by atoms with Gasteiger partial charge in [-0.15, -0.1) is 0 Å². The van der Waals surface area contributed by atoms with Gasteiger partial charge in [0.1, 0.15) is 6.04 Å². The smallest absolute Gasteiger partial charge is 0.327 e. The molecular weight excluding hydrogens is 264 g/mol. The normalized spacial score (nSPS) is 15.9. The SMILES string of the molecule is CCOC(=O)C(NCC1CC1)c1ccc2ncccc2c1. The van der Waals surface area contributed by atoms with Crippen molar-refractivity contribution >= 4 is 16.9 Å². The molecule has 1 heterocycles. The average molecular weight is 284 g/mol. The first kappa shape index (κ1) is 14.0. The fraction of sp³-hybridized carbons (Fsp3) is 0.412. The fourth-order valence-corrected chi connectivity index (χ4v) is 2.44. The Morgan fingerprint density at radius 3 is 3.05 bits per heavy atom. The Hall–Kier alpha value is -1.94. The lowest BCUT2D eigenvalue weighted by Gasteiger charge is -2.18. The van der Waals surface area contributed by atoms with Crippen LogP contribution < -0.4 is 5.32 Å². The van der Waals surface area contributed by atoms with Crippen LogP contribution in [0.15, 0.2) is 36.5 Å². The second-order valence-electron chi connectivity index (χ2n) is 5.49. The van der Waals surface area contributed by atoms with E-state index in [0.29, 0.717) is 12.5 Å². The number of nitrogens with zero attached hydrogens (tertiary/aromatic N) is 1. The molecule has 0 aliphatic heterocycles. The summed E-state index contributed by atoms with van der Waals surface area (Å²) in [6, 6.07) is 9.45. The van der Waals surface area contributed by atoms with Gasteiger partial charge in [0.25, 0.3) is 0 Å². The highest BCUT2D eigenvalue weighted by atomic mass is 16.5. The van der Waals surface area contributed by atoms with E-state index in [9.17, 15) is 4.79 Å². The lowest BCUT2D eigenvalue weighted by atomic mass is 10.0. The van der Waals surface area contributed by atoms with E-state index in [1.807, 2.05) is 37.3 Å². The largest absolute Gasteiger partial charge is 0.465 e. The Bertz CT molecular complexity index is 637. The molecule has 1 aromatic heterocycles. The van der Waals surface area contributed by atoms with E-state index in [4.69, 9.17) is 4.74 Å². The van der Waals surface area contributed by atoms with E-state index >= 15 is 0 Å². The highest BCUT2D eigenvalue weighted by Gasteiger charge is 2.26. The minimum Gasteiger partial charge on any atom is -0.465 e. The number of benzene rings is 1. The summed E-state index contributed by atoms with van der Waals surface area (Å²) >= 11 is 0. The molecule has 4 nitrogen and oxygen atoms in total. The minimum atomic E-state index is -0.393. The van der Waals surface area contributed by atoms with E-state index in [1.165, 1.54) is 12.8 Å². The maximum absolute atomic E-state index is 12.2. The third-order valence-corrected chi connectivity index (χ3v) is 3.79. The molecule has 1 saturated carbocycles. The van der Waals surface area contributed by atoms with Crippen LogP contribution in [0.2, 0.25) is 0 Å². The van der Waals surface area contributed by atoms with Gasteiger partial charge in [0.15, 0.2) is 0 Å². The van der Waals surface area contributed by atoms with E-state index in [1.54, 1.807) is 6.20 Å². The molecule has 0 bridgehead atoms. The maximum atomic E-state index is 12.2. The van der Waals surface area contributed by atoms with Crippen molar-refractivity contribution in [3.8, 4) is 0 Å². The monoisotopic (exact) mass is 284 g/mol. The summed E-state index contributed by atoms with van der Waals surface area (Å²) in [6.07, 6.45) is 4.28. The van der Waals surface area contributed by atoms with Gasteiger partial charge in [-0.05, 0) is 56.0 Å². The molecule has 3 rings (SSSR count). The van der Waals surface area contributed by atoms with Gasteiger partial charge in [-0.25, -0.2) is 4.79 Å². The maximum Gasteiger partial charge on any atom is 0.327 e. The molecule has 4 heteroatoms. The standard InChI is InChI=1S/C17H20N2O2/c1-2-21-17(20)16(19-11-12-5-6-12)14-7-8-15-13(10-14)4-3-9-18-15/h3-4,7-10,12,16,19H,2,5-6,11H2,1H3. The molecule has 21 heavy (non-hydrogen) atoms. The molecule has 1 unspecified atom stereocenters. The molecule has 0 spiro atoms. The van der Waals surface area contributed by atoms with E-state index in [2.05, 4.69) is 10.3 Å². The lowest BCUT2D eigenvalue weighted by Crippen LogP contribution is -2.31. The minimum absolute atomic E-state index is 0.207. The first-order chi connectivity index (χ1) is 10.3. The van der Waals surface area contributed by atoms with Gasteiger partial charge in [-0.1, -0.05) is 12.1 Å². The average Bonchev–Trinajstić information content (AvgIpc) is 3.32. The Labute approximate surface area is 124 Å². The number of hydrogen-bond donors (Lipinski definition) is 1. The number of ether oxygens (including phenoxy) is 1. The molecule has 1 fully saturated rings. The number of esters is 1. The second kappa shape index (κ2) is 6.22. The van der Waals surface area contributed by atoms with E-state index in [-0.39, 0.29) is 5.97 Å². The number of hydrogen-bond acceptors (Lipinski definition) is 4. The molecule has 1 N–H and O–H groups in total. The van der Waals surface area contributed by atoms with Crippen LogP contribution in [0.4, 0.5) is 0 Å². The van der Waals surface area contributed by atoms with Crippen molar-refractivity contribution in [3.63, 3.8) is 0 Å². The first-order valence-corrected chi connectivity index (χ1v) is 7.52. The van der Waals surface area contributed by atoms with Crippen molar-refractivity contribution in [2.24, 2.45) is 5.92 Å². The predicted molar refractivity (Wildman–Crippen MR) is 81.8 cm³/mol. The number of aromatic nitrogens is 1. The number of fused-ring (bicyclic) bond motifs is 1. The number of carbonyl (C=O) groups is 1. The number of nitrogens with one attached hydrogen (secondary N) is 1. The fourth-order valence-electron chi connectivity index (χ4n) is 2.44. The summed E-state index contributed by atoms with van der Waals surface area (Å²) < 4.78 is 5.21. The quantitative estimate of drug-likeness (QED) is 0.829. The highest BCUT2D eigenvalue weighted by Crippen LogP contribution is 2.29. The third-order valence-electron chi connectivity index (χ3n) is 3.79. The molecule has 1 atom stereocenters. The van der Waals surface area contributed by atoms with Gasteiger partial charge in [-0.3, -0.25) is 4.98 Å². The first-order valence-electron chi connectivity index (χ1n) is 7.52. The molecule has 110 valence electrons. The summed E-state index contributed by atoms with van der Waals surface area (Å²) in [6.45, 7) is 3.10. The zero-order chi connectivity index (χ0) is 14.7. The van der Waals surface area contributed by atoms with Gasteiger partial charge < -0.3 is 10.1 Å². The van der Waals surface area contributed by atoms with E-state index < -0.39 is 6.04 Å². The summed E-state index contributed by atoms with van der Waals surface area (Å²) in [5, 5.41) is 4.39. The summed E-state index contributed by atoms with van der Waals surface area (Å²) in [5.41, 5.74) is 1.88. The number of rotatable bonds is 6. The number of pyridine rings is 1. The van der Waals surface area contributed by atoms with Crippen molar-refractivity contribution in [2.45, 2.75) is 25.8 Å². The molecule has 1 aromatic carbocycles. The van der Waals surface area contributed by atoms with Crippen molar-refractivity contribution in [3.05, 3.63) is 42.1 Å². The summed E-state index contributed by atoms with van der Waals surface area (Å²) in [7, 11) is 0. The van der Waals surface area contributed by atoms with Crippen molar-refractivity contribution < 1.29 is 9.53 Å². The van der Waals surface area contributed by atoms with Gasteiger partial charge in [0.05, 0.1) is 12.1 Å². The van der Waals surface area contributed by atoms with Crippen LogP contribution in [0.1, 0.15) is 31.4 Å². The molecule has 0 radical (unpaired) electrons. The van der Waals surface area contributed by atoms with E-state index in [0.717, 1.165) is 23.0 Å². The topological polar surface area (TPSA) is 51.2 Å². The van der Waals surface area contributed by atoms with Crippen LogP contribution in [-0.2, 0) is 9.53 Å².